The molecule has 162 valence electrons. The first-order valence-electron chi connectivity index (χ1n) is 10.4. The maximum Gasteiger partial charge on any atom is 0.262 e. The van der Waals surface area contributed by atoms with Gasteiger partial charge in [-0.1, -0.05) is 66.7 Å². The fourth-order valence-electron chi connectivity index (χ4n) is 4.95. The van der Waals surface area contributed by atoms with Gasteiger partial charge in [-0.05, 0) is 29.5 Å². The lowest BCUT2D eigenvalue weighted by Gasteiger charge is -2.32. The van der Waals surface area contributed by atoms with E-state index >= 15 is 0 Å². The third-order valence-corrected chi connectivity index (χ3v) is 7.56. The molecule has 2 fully saturated rings. The first kappa shape index (κ1) is 20.6. The van der Waals surface area contributed by atoms with Crippen molar-refractivity contribution in [1.29, 1.82) is 0 Å². The molecule has 2 aromatic carbocycles. The molecule has 2 saturated heterocycles. The van der Waals surface area contributed by atoms with Gasteiger partial charge in [-0.25, -0.2) is 0 Å². The van der Waals surface area contributed by atoms with Gasteiger partial charge in [0, 0.05) is 11.4 Å². The quantitative estimate of drug-likeness (QED) is 0.612. The van der Waals surface area contributed by atoms with Crippen molar-refractivity contribution in [2.45, 2.75) is 31.2 Å². The Kier molecular flexibility index (Phi) is 4.76. The molecule has 1 aromatic heterocycles. The van der Waals surface area contributed by atoms with Crippen molar-refractivity contribution in [2.75, 3.05) is 0 Å². The molecular formula is C25H22N2O4S. The molecule has 0 bridgehead atoms. The molecule has 7 heteroatoms. The Bertz CT molecular complexity index is 1180. The van der Waals surface area contributed by atoms with Crippen LogP contribution in [0.5, 0.6) is 0 Å². The minimum Gasteiger partial charge on any atom is -0.374 e. The molecule has 0 aliphatic carbocycles. The number of hydrogen-bond acceptors (Lipinski definition) is 5. The number of likely N-dealkylation sites (tertiary alicyclic amines) is 2. The van der Waals surface area contributed by atoms with E-state index in [4.69, 9.17) is 0 Å². The van der Waals surface area contributed by atoms with Gasteiger partial charge < -0.3 is 10.0 Å². The molecule has 3 heterocycles. The summed E-state index contributed by atoms with van der Waals surface area (Å²) in [7, 11) is 0. The number of carbonyl (C=O) groups excluding carboxylic acids is 3. The third-order valence-electron chi connectivity index (χ3n) is 6.57. The van der Waals surface area contributed by atoms with Crippen molar-refractivity contribution in [3.63, 3.8) is 0 Å². The summed E-state index contributed by atoms with van der Waals surface area (Å²) in [6.07, 6.45) is 0. The molecule has 2 aliphatic rings. The number of amides is 3. The van der Waals surface area contributed by atoms with Gasteiger partial charge in [0.05, 0.1) is 6.54 Å². The van der Waals surface area contributed by atoms with Crippen LogP contribution in [0, 0.1) is 5.92 Å². The van der Waals surface area contributed by atoms with Crippen LogP contribution in [0.1, 0.15) is 22.9 Å². The molecule has 6 nitrogen and oxygen atoms in total. The fraction of sp³-hybridized carbons (Fsp3) is 0.240. The predicted molar refractivity (Wildman–Crippen MR) is 119 cm³/mol. The summed E-state index contributed by atoms with van der Waals surface area (Å²) in [5.41, 5.74) is -1.95. The Morgan fingerprint density at radius 1 is 0.844 bits per heavy atom. The van der Waals surface area contributed by atoms with Gasteiger partial charge in [-0.15, -0.1) is 11.3 Å². The van der Waals surface area contributed by atoms with Gasteiger partial charge in [0.1, 0.15) is 11.5 Å². The summed E-state index contributed by atoms with van der Waals surface area (Å²) < 4.78 is 0. The zero-order valence-electron chi connectivity index (χ0n) is 17.5. The summed E-state index contributed by atoms with van der Waals surface area (Å²) in [4.78, 5) is 44.0. The molecule has 5 rings (SSSR count). The van der Waals surface area contributed by atoms with Gasteiger partial charge in [0.15, 0.2) is 5.60 Å². The Morgan fingerprint density at radius 3 is 2.00 bits per heavy atom. The van der Waals surface area contributed by atoms with Gasteiger partial charge in [-0.3, -0.25) is 19.3 Å². The second-order valence-electron chi connectivity index (χ2n) is 8.42. The van der Waals surface area contributed by atoms with Gasteiger partial charge in [0.2, 0.25) is 5.91 Å². The fourth-order valence-corrected chi connectivity index (χ4v) is 5.80. The number of benzene rings is 2. The maximum atomic E-state index is 13.7. The maximum absolute atomic E-state index is 13.7. The van der Waals surface area contributed by atoms with Crippen LogP contribution in [0.2, 0.25) is 0 Å². The Labute approximate surface area is 189 Å². The van der Waals surface area contributed by atoms with Crippen LogP contribution >= 0.6 is 11.3 Å². The van der Waals surface area contributed by atoms with Crippen LogP contribution in [-0.4, -0.2) is 38.2 Å². The second kappa shape index (κ2) is 7.39. The highest BCUT2D eigenvalue weighted by Gasteiger charge is 2.76. The van der Waals surface area contributed by atoms with E-state index in [-0.39, 0.29) is 13.1 Å². The minimum absolute atomic E-state index is 0.0957. The smallest absolute Gasteiger partial charge is 0.262 e. The summed E-state index contributed by atoms with van der Waals surface area (Å²) in [5.74, 6) is -2.83. The van der Waals surface area contributed by atoms with E-state index in [1.807, 2.05) is 60.7 Å². The molecule has 2 aliphatic heterocycles. The Balaban J connectivity index is 1.62. The minimum atomic E-state index is -2.09. The van der Waals surface area contributed by atoms with Crippen LogP contribution in [0.25, 0.3) is 0 Å². The van der Waals surface area contributed by atoms with E-state index in [1.54, 1.807) is 24.4 Å². The van der Waals surface area contributed by atoms with Crippen molar-refractivity contribution in [3.05, 3.63) is 94.2 Å². The molecule has 32 heavy (non-hydrogen) atoms. The first-order chi connectivity index (χ1) is 15.4. The second-order valence-corrected chi connectivity index (χ2v) is 9.36. The molecule has 0 saturated carbocycles. The number of rotatable bonds is 5. The lowest BCUT2D eigenvalue weighted by molar-refractivity contribution is -0.157. The highest BCUT2D eigenvalue weighted by molar-refractivity contribution is 7.10. The number of fused-ring (bicyclic) bond motifs is 1. The summed E-state index contributed by atoms with van der Waals surface area (Å²) in [6, 6.07) is 21.9. The first-order valence-corrected chi connectivity index (χ1v) is 11.3. The normalized spacial score (nSPS) is 27.3. The third kappa shape index (κ3) is 2.78. The van der Waals surface area contributed by atoms with Gasteiger partial charge in [0.25, 0.3) is 11.8 Å². The number of hydrogen-bond donors (Lipinski definition) is 1. The molecule has 3 aromatic rings. The number of aliphatic hydroxyl groups is 1. The van der Waals surface area contributed by atoms with E-state index in [0.29, 0.717) is 4.88 Å². The van der Waals surface area contributed by atoms with E-state index in [2.05, 4.69) is 0 Å². The molecule has 0 spiro atoms. The molecule has 0 radical (unpaired) electrons. The zero-order valence-corrected chi connectivity index (χ0v) is 18.3. The summed E-state index contributed by atoms with van der Waals surface area (Å²) >= 11 is 1.21. The summed E-state index contributed by atoms with van der Waals surface area (Å²) in [6.45, 7) is 1.83. The monoisotopic (exact) mass is 446 g/mol. The topological polar surface area (TPSA) is 77.9 Å². The van der Waals surface area contributed by atoms with Crippen molar-refractivity contribution in [3.8, 4) is 0 Å². The van der Waals surface area contributed by atoms with E-state index < -0.39 is 34.8 Å². The van der Waals surface area contributed by atoms with Crippen LogP contribution in [-0.2, 0) is 33.1 Å². The molecular weight excluding hydrogens is 424 g/mol. The van der Waals surface area contributed by atoms with E-state index in [9.17, 15) is 19.5 Å². The number of imide groups is 1. The van der Waals surface area contributed by atoms with Crippen molar-refractivity contribution < 1.29 is 19.5 Å². The highest BCUT2D eigenvalue weighted by Crippen LogP contribution is 2.54. The molecule has 0 unspecified atom stereocenters. The Morgan fingerprint density at radius 2 is 1.44 bits per heavy atom. The zero-order chi connectivity index (χ0) is 22.5. The van der Waals surface area contributed by atoms with Crippen LogP contribution in [0.3, 0.4) is 0 Å². The number of nitrogens with zero attached hydrogens (tertiary/aromatic N) is 2. The molecule has 3 amide bonds. The van der Waals surface area contributed by atoms with Crippen LogP contribution in [0.15, 0.2) is 78.2 Å². The van der Waals surface area contributed by atoms with E-state index in [0.717, 1.165) is 11.1 Å². The molecule has 3 atom stereocenters. The Hall–Kier alpha value is -3.29. The lowest BCUT2D eigenvalue weighted by Crippen LogP contribution is -2.51. The largest absolute Gasteiger partial charge is 0.374 e. The highest BCUT2D eigenvalue weighted by atomic mass is 32.1. The molecule has 1 N–H and O–H groups in total. The van der Waals surface area contributed by atoms with Crippen LogP contribution in [0.4, 0.5) is 0 Å². The van der Waals surface area contributed by atoms with Gasteiger partial charge >= 0.3 is 0 Å². The van der Waals surface area contributed by atoms with Crippen molar-refractivity contribution >= 4 is 29.1 Å². The van der Waals surface area contributed by atoms with Gasteiger partial charge in [-0.2, -0.15) is 0 Å². The predicted octanol–water partition coefficient (Wildman–Crippen LogP) is 2.92. The summed E-state index contributed by atoms with van der Waals surface area (Å²) in [5, 5.41) is 13.5. The average molecular weight is 447 g/mol. The standard InChI is InChI=1S/C25H22N2O4S/c1-24-20(21(28)26(22(24)29)15-17-9-4-2-5-10-17)25(31,19-13-8-14-32-19)23(30)27(24)16-18-11-6-3-7-12-18/h2-14,20,31H,15-16H2,1H3/t20-,24-,25+/m1/s1. The van der Waals surface area contributed by atoms with Crippen molar-refractivity contribution in [2.24, 2.45) is 5.92 Å². The number of carbonyl (C=O) groups is 3. The lowest BCUT2D eigenvalue weighted by atomic mass is 9.79. The average Bonchev–Trinajstić information content (AvgIpc) is 3.45. The SMILES string of the molecule is C[C@]12C(=O)N(Cc3ccccc3)C(=O)[C@H]1[C@@](O)(c1cccs1)C(=O)N2Cc1ccccc1. The van der Waals surface area contributed by atoms with Crippen LogP contribution < -0.4 is 0 Å². The van der Waals surface area contributed by atoms with E-state index in [1.165, 1.54) is 21.1 Å². The number of thiophene rings is 1. The van der Waals surface area contributed by atoms with Crippen molar-refractivity contribution in [1.82, 2.24) is 9.80 Å².